The van der Waals surface area contributed by atoms with Crippen LogP contribution < -0.4 is 4.74 Å². The smallest absolute Gasteiger partial charge is 0.338 e. The third-order valence-electron chi connectivity index (χ3n) is 8.75. The number of aliphatic imine (C=N–C) groups is 1. The Hall–Kier alpha value is -4.35. The SMILES string of the molecule is CO/C(C)=N\c1ccc(COc2cccc(C3CCN(Cc4nc5ccc(C(=O)OC(C)(C)C)cc5n4CC4CCO4)CC3)n2)c(F)c1. The second-order valence-electron chi connectivity index (χ2n) is 13.5. The maximum absolute atomic E-state index is 14.7. The lowest BCUT2D eigenvalue weighted by Crippen LogP contribution is -2.35. The van der Waals surface area contributed by atoms with Crippen LogP contribution in [-0.2, 0) is 33.9 Å². The summed E-state index contributed by atoms with van der Waals surface area (Å²) >= 11 is 0. The molecule has 1 unspecified atom stereocenters. The molecule has 48 heavy (non-hydrogen) atoms. The third-order valence-corrected chi connectivity index (χ3v) is 8.75. The molecule has 4 heterocycles. The van der Waals surface area contributed by atoms with E-state index in [0.717, 1.165) is 61.5 Å². The Balaban J connectivity index is 1.09. The van der Waals surface area contributed by atoms with Gasteiger partial charge in [0.2, 0.25) is 5.88 Å². The van der Waals surface area contributed by atoms with Crippen molar-refractivity contribution in [3.63, 3.8) is 0 Å². The van der Waals surface area contributed by atoms with Crippen LogP contribution in [0.25, 0.3) is 11.0 Å². The van der Waals surface area contributed by atoms with E-state index in [2.05, 4.69) is 14.5 Å². The van der Waals surface area contributed by atoms with Crippen molar-refractivity contribution in [1.29, 1.82) is 0 Å². The van der Waals surface area contributed by atoms with Gasteiger partial charge in [0.25, 0.3) is 0 Å². The number of benzene rings is 2. The number of carbonyl (C=O) groups is 1. The minimum atomic E-state index is -0.570. The molecular weight excluding hydrogens is 613 g/mol. The zero-order chi connectivity index (χ0) is 33.8. The Labute approximate surface area is 280 Å². The van der Waals surface area contributed by atoms with Crippen LogP contribution in [0.4, 0.5) is 10.1 Å². The van der Waals surface area contributed by atoms with Gasteiger partial charge in [-0.15, -0.1) is 0 Å². The minimum absolute atomic E-state index is 0.0696. The Bertz CT molecular complexity index is 1790. The molecule has 4 aromatic rings. The normalized spacial score (nSPS) is 17.7. The molecule has 6 rings (SSSR count). The van der Waals surface area contributed by atoms with Crippen molar-refractivity contribution in [2.45, 2.75) is 84.3 Å². The monoisotopic (exact) mass is 657 g/mol. The van der Waals surface area contributed by atoms with Crippen molar-refractivity contribution < 1.29 is 28.1 Å². The standard InChI is InChI=1S/C37H44FN5O5/c1-24(45-5)39-28-11-9-27(30(38)20-28)23-47-35-8-6-7-31(41-35)25-13-16-42(17-14-25)22-34-40-32-12-10-26(36(44)48-37(2,3)4)19-33(32)43(34)21-29-15-18-46-29/h6-12,19-20,25,29H,13-18,21-23H2,1-5H3/b39-24-. The molecule has 11 heteroatoms. The summed E-state index contributed by atoms with van der Waals surface area (Å²) in [4.78, 5) is 29.3. The lowest BCUT2D eigenvalue weighted by Gasteiger charge is -2.32. The number of likely N-dealkylation sites (tertiary alicyclic amines) is 1. The molecule has 0 saturated carbocycles. The molecule has 0 amide bonds. The zero-order valence-electron chi connectivity index (χ0n) is 28.4. The van der Waals surface area contributed by atoms with E-state index in [0.29, 0.717) is 47.6 Å². The zero-order valence-corrected chi connectivity index (χ0v) is 28.4. The topological polar surface area (TPSA) is 100 Å². The van der Waals surface area contributed by atoms with E-state index in [1.165, 1.54) is 13.2 Å². The highest BCUT2D eigenvalue weighted by atomic mass is 19.1. The van der Waals surface area contributed by atoms with Crippen molar-refractivity contribution >= 4 is 28.6 Å². The molecule has 10 nitrogen and oxygen atoms in total. The van der Waals surface area contributed by atoms with Crippen LogP contribution in [0, 0.1) is 5.82 Å². The molecule has 2 aliphatic heterocycles. The predicted molar refractivity (Wildman–Crippen MR) is 181 cm³/mol. The van der Waals surface area contributed by atoms with Gasteiger partial charge in [-0.3, -0.25) is 4.90 Å². The number of imidazole rings is 1. The Morgan fingerprint density at radius 1 is 1.06 bits per heavy atom. The van der Waals surface area contributed by atoms with Crippen molar-refractivity contribution in [3.05, 3.63) is 83.1 Å². The number of esters is 1. The van der Waals surface area contributed by atoms with Gasteiger partial charge in [0.15, 0.2) is 5.90 Å². The molecule has 0 N–H and O–H groups in total. The first-order valence-corrected chi connectivity index (χ1v) is 16.6. The van der Waals surface area contributed by atoms with Crippen molar-refractivity contribution in [2.75, 3.05) is 26.8 Å². The van der Waals surface area contributed by atoms with Gasteiger partial charge in [-0.05, 0) is 83.5 Å². The van der Waals surface area contributed by atoms with Crippen LogP contribution in [0.5, 0.6) is 5.88 Å². The largest absolute Gasteiger partial charge is 0.484 e. The van der Waals surface area contributed by atoms with E-state index in [1.54, 1.807) is 25.1 Å². The Morgan fingerprint density at radius 3 is 2.54 bits per heavy atom. The molecule has 0 radical (unpaired) electrons. The Morgan fingerprint density at radius 2 is 1.85 bits per heavy atom. The average molecular weight is 658 g/mol. The van der Waals surface area contributed by atoms with Crippen LogP contribution in [0.3, 0.4) is 0 Å². The van der Waals surface area contributed by atoms with Crippen LogP contribution in [0.1, 0.15) is 80.3 Å². The summed E-state index contributed by atoms with van der Waals surface area (Å²) < 4.78 is 39.3. The van der Waals surface area contributed by atoms with Gasteiger partial charge in [-0.2, -0.15) is 0 Å². The van der Waals surface area contributed by atoms with E-state index in [-0.39, 0.29) is 24.5 Å². The van der Waals surface area contributed by atoms with Crippen LogP contribution in [-0.4, -0.2) is 69.8 Å². The molecule has 2 fully saturated rings. The third kappa shape index (κ3) is 8.19. The van der Waals surface area contributed by atoms with Gasteiger partial charge >= 0.3 is 5.97 Å². The summed E-state index contributed by atoms with van der Waals surface area (Å²) in [7, 11) is 1.53. The van der Waals surface area contributed by atoms with Gasteiger partial charge < -0.3 is 23.5 Å². The van der Waals surface area contributed by atoms with Gasteiger partial charge in [-0.25, -0.2) is 24.1 Å². The number of aromatic nitrogens is 3. The molecule has 0 bridgehead atoms. The summed E-state index contributed by atoms with van der Waals surface area (Å²) in [6, 6.07) is 16.2. The maximum atomic E-state index is 14.7. The lowest BCUT2D eigenvalue weighted by atomic mass is 9.93. The number of ether oxygens (including phenoxy) is 4. The molecular formula is C37H44FN5O5. The minimum Gasteiger partial charge on any atom is -0.484 e. The van der Waals surface area contributed by atoms with Crippen LogP contribution >= 0.6 is 0 Å². The second kappa shape index (κ2) is 14.4. The molecule has 2 aromatic carbocycles. The molecule has 0 spiro atoms. The van der Waals surface area contributed by atoms with Gasteiger partial charge in [0, 0.05) is 42.8 Å². The molecule has 2 aliphatic rings. The number of carbonyl (C=O) groups excluding carboxylic acids is 1. The van der Waals surface area contributed by atoms with Crippen LogP contribution in [0.15, 0.2) is 59.6 Å². The number of rotatable bonds is 10. The lowest BCUT2D eigenvalue weighted by molar-refractivity contribution is -0.0592. The van der Waals surface area contributed by atoms with Crippen molar-refractivity contribution in [3.8, 4) is 5.88 Å². The van der Waals surface area contributed by atoms with E-state index >= 15 is 0 Å². The van der Waals surface area contributed by atoms with E-state index in [4.69, 9.17) is 28.9 Å². The number of halogens is 1. The number of hydrogen-bond acceptors (Lipinski definition) is 9. The fourth-order valence-corrected chi connectivity index (χ4v) is 6.02. The summed E-state index contributed by atoms with van der Waals surface area (Å²) in [5, 5.41) is 0. The second-order valence-corrected chi connectivity index (χ2v) is 13.5. The van der Waals surface area contributed by atoms with E-state index in [9.17, 15) is 9.18 Å². The highest BCUT2D eigenvalue weighted by Gasteiger charge is 2.27. The molecule has 2 aromatic heterocycles. The van der Waals surface area contributed by atoms with Crippen molar-refractivity contribution in [2.24, 2.45) is 4.99 Å². The number of fused-ring (bicyclic) bond motifs is 1. The summed E-state index contributed by atoms with van der Waals surface area (Å²) in [5.74, 6) is 1.47. The highest BCUT2D eigenvalue weighted by Crippen LogP contribution is 2.30. The number of piperidine rings is 1. The average Bonchev–Trinajstić information content (AvgIpc) is 3.37. The van der Waals surface area contributed by atoms with Gasteiger partial charge in [-0.1, -0.05) is 12.1 Å². The van der Waals surface area contributed by atoms with Gasteiger partial charge in [0.1, 0.15) is 23.8 Å². The van der Waals surface area contributed by atoms with Crippen LogP contribution in [0.2, 0.25) is 0 Å². The summed E-state index contributed by atoms with van der Waals surface area (Å²) in [6.07, 6.45) is 3.05. The molecule has 2 saturated heterocycles. The summed E-state index contributed by atoms with van der Waals surface area (Å²) in [5.41, 5.74) is 3.63. The predicted octanol–water partition coefficient (Wildman–Crippen LogP) is 6.97. The number of hydrogen-bond donors (Lipinski definition) is 0. The summed E-state index contributed by atoms with van der Waals surface area (Å²) in [6.45, 7) is 11.4. The molecule has 0 aliphatic carbocycles. The van der Waals surface area contributed by atoms with E-state index in [1.807, 2.05) is 51.1 Å². The fourth-order valence-electron chi connectivity index (χ4n) is 6.02. The number of pyridine rings is 1. The molecule has 254 valence electrons. The quantitative estimate of drug-likeness (QED) is 0.102. The Kier molecular flexibility index (Phi) is 10.1. The van der Waals surface area contributed by atoms with Crippen molar-refractivity contribution in [1.82, 2.24) is 19.4 Å². The number of methoxy groups -OCH3 is 1. The maximum Gasteiger partial charge on any atom is 0.338 e. The first-order chi connectivity index (χ1) is 23.0. The highest BCUT2D eigenvalue weighted by molar-refractivity contribution is 5.94. The van der Waals surface area contributed by atoms with E-state index < -0.39 is 5.60 Å². The number of nitrogens with zero attached hydrogens (tertiary/aromatic N) is 5. The fraction of sp³-hybridized carbons (Fsp3) is 0.459. The van der Waals surface area contributed by atoms with Gasteiger partial charge in [0.05, 0.1) is 48.6 Å². The first-order valence-electron chi connectivity index (χ1n) is 16.6. The first kappa shape index (κ1) is 33.5. The molecule has 1 atom stereocenters.